The lowest BCUT2D eigenvalue weighted by Gasteiger charge is -2.38. The van der Waals surface area contributed by atoms with Crippen LogP contribution < -0.4 is 10.6 Å². The number of rotatable bonds is 5. The van der Waals surface area contributed by atoms with Gasteiger partial charge >= 0.3 is 12.0 Å². The Morgan fingerprint density at radius 2 is 1.76 bits per heavy atom. The van der Waals surface area contributed by atoms with E-state index in [1.807, 2.05) is 0 Å². The monoisotopic (exact) mass is 242 g/mol. The van der Waals surface area contributed by atoms with Crippen LogP contribution in [0.5, 0.6) is 0 Å². The average Bonchev–Trinajstić information content (AvgIpc) is 2.96. The van der Waals surface area contributed by atoms with Crippen LogP contribution in [0.2, 0.25) is 0 Å². The molecule has 0 unspecified atom stereocenters. The molecule has 0 aromatic heterocycles. The van der Waals surface area contributed by atoms with Crippen molar-refractivity contribution >= 4 is 12.0 Å². The molecule has 1 fully saturated rings. The first-order valence-electron chi connectivity index (χ1n) is 5.96. The Morgan fingerprint density at radius 3 is 2.18 bits per heavy atom. The Balaban J connectivity index is 2.51. The highest BCUT2D eigenvalue weighted by Crippen LogP contribution is 2.31. The third kappa shape index (κ3) is 3.35. The van der Waals surface area contributed by atoms with E-state index in [1.54, 1.807) is 27.7 Å². The lowest BCUT2D eigenvalue weighted by Crippen LogP contribution is -2.59. The largest absolute Gasteiger partial charge is 0.481 e. The van der Waals surface area contributed by atoms with Crippen molar-refractivity contribution < 1.29 is 14.7 Å². The smallest absolute Gasteiger partial charge is 0.315 e. The molecule has 0 aromatic rings. The average molecular weight is 242 g/mol. The SMILES string of the molecule is CC(C)(NC(=O)NCC1CC1)C(C)(C)C(=O)O. The van der Waals surface area contributed by atoms with Crippen LogP contribution in [0, 0.1) is 11.3 Å². The van der Waals surface area contributed by atoms with E-state index in [2.05, 4.69) is 10.6 Å². The number of carbonyl (C=O) groups excluding carboxylic acids is 1. The van der Waals surface area contributed by atoms with Crippen molar-refractivity contribution in [1.82, 2.24) is 10.6 Å². The van der Waals surface area contributed by atoms with Gasteiger partial charge in [-0.15, -0.1) is 0 Å². The summed E-state index contributed by atoms with van der Waals surface area (Å²) in [5, 5.41) is 14.6. The highest BCUT2D eigenvalue weighted by molar-refractivity contribution is 5.79. The van der Waals surface area contributed by atoms with Gasteiger partial charge in [0.05, 0.1) is 11.0 Å². The third-order valence-electron chi connectivity index (χ3n) is 3.77. The molecular formula is C12H22N2O3. The predicted octanol–water partition coefficient (Wildman–Crippen LogP) is 1.58. The minimum Gasteiger partial charge on any atom is -0.481 e. The highest BCUT2D eigenvalue weighted by Gasteiger charge is 2.44. The van der Waals surface area contributed by atoms with E-state index >= 15 is 0 Å². The molecule has 0 bridgehead atoms. The maximum atomic E-state index is 11.6. The molecule has 1 aliphatic carbocycles. The fraction of sp³-hybridized carbons (Fsp3) is 0.833. The van der Waals surface area contributed by atoms with Crippen molar-refractivity contribution in [2.24, 2.45) is 11.3 Å². The van der Waals surface area contributed by atoms with Crippen LogP contribution in [-0.2, 0) is 4.79 Å². The maximum absolute atomic E-state index is 11.6. The van der Waals surface area contributed by atoms with Gasteiger partial charge in [-0.3, -0.25) is 4.79 Å². The standard InChI is InChI=1S/C12H22N2O3/c1-11(2,9(15)16)12(3,4)14-10(17)13-7-8-5-6-8/h8H,5-7H2,1-4H3,(H,15,16)(H2,13,14,17). The van der Waals surface area contributed by atoms with Crippen LogP contribution in [0.4, 0.5) is 4.79 Å². The van der Waals surface area contributed by atoms with Crippen LogP contribution in [0.15, 0.2) is 0 Å². The van der Waals surface area contributed by atoms with Crippen molar-refractivity contribution in [3.8, 4) is 0 Å². The molecule has 5 nitrogen and oxygen atoms in total. The summed E-state index contributed by atoms with van der Waals surface area (Å²) in [5.74, 6) is -0.318. The van der Waals surface area contributed by atoms with E-state index in [0.29, 0.717) is 12.5 Å². The quantitative estimate of drug-likeness (QED) is 0.685. The number of carboxylic acid groups (broad SMARTS) is 1. The Hall–Kier alpha value is -1.26. The molecule has 0 aromatic carbocycles. The first-order chi connectivity index (χ1) is 7.67. The second-order valence-corrected chi connectivity index (χ2v) is 5.83. The molecule has 3 N–H and O–H groups in total. The maximum Gasteiger partial charge on any atom is 0.315 e. The van der Waals surface area contributed by atoms with Gasteiger partial charge in [0, 0.05) is 6.54 Å². The number of aliphatic carboxylic acids is 1. The first kappa shape index (κ1) is 13.8. The summed E-state index contributed by atoms with van der Waals surface area (Å²) in [6.45, 7) is 7.33. The molecular weight excluding hydrogens is 220 g/mol. The van der Waals surface area contributed by atoms with Crippen molar-refractivity contribution in [1.29, 1.82) is 0 Å². The number of urea groups is 1. The van der Waals surface area contributed by atoms with Gasteiger partial charge in [-0.1, -0.05) is 0 Å². The second kappa shape index (κ2) is 4.55. The van der Waals surface area contributed by atoms with Crippen LogP contribution in [0.25, 0.3) is 0 Å². The number of carboxylic acids is 1. The summed E-state index contributed by atoms with van der Waals surface area (Å²) in [6, 6.07) is -0.295. The van der Waals surface area contributed by atoms with Gasteiger partial charge < -0.3 is 15.7 Å². The lowest BCUT2D eigenvalue weighted by atomic mass is 9.74. The van der Waals surface area contributed by atoms with Crippen molar-refractivity contribution in [3.05, 3.63) is 0 Å². The number of nitrogens with one attached hydrogen (secondary N) is 2. The van der Waals surface area contributed by atoms with Gasteiger partial charge in [0.15, 0.2) is 0 Å². The number of amides is 2. The van der Waals surface area contributed by atoms with Gasteiger partial charge in [0.2, 0.25) is 0 Å². The van der Waals surface area contributed by atoms with E-state index in [0.717, 1.165) is 0 Å². The van der Waals surface area contributed by atoms with Crippen LogP contribution >= 0.6 is 0 Å². The molecule has 0 heterocycles. The van der Waals surface area contributed by atoms with Crippen molar-refractivity contribution in [2.45, 2.75) is 46.1 Å². The van der Waals surface area contributed by atoms with Crippen molar-refractivity contribution in [3.63, 3.8) is 0 Å². The summed E-state index contributed by atoms with van der Waals surface area (Å²) >= 11 is 0. The Kier molecular flexibility index (Phi) is 3.69. The van der Waals surface area contributed by atoms with E-state index in [1.165, 1.54) is 12.8 Å². The zero-order valence-electron chi connectivity index (χ0n) is 11.0. The topological polar surface area (TPSA) is 78.4 Å². The molecule has 0 spiro atoms. The molecule has 1 aliphatic rings. The van der Waals surface area contributed by atoms with Gasteiger partial charge in [-0.25, -0.2) is 4.79 Å². The fourth-order valence-electron chi connectivity index (χ4n) is 1.31. The molecule has 0 atom stereocenters. The summed E-state index contributed by atoms with van der Waals surface area (Å²) < 4.78 is 0. The minimum absolute atomic E-state index is 0.295. The number of hydrogen-bond acceptors (Lipinski definition) is 2. The van der Waals surface area contributed by atoms with Gasteiger partial charge in [-0.05, 0) is 46.5 Å². The first-order valence-corrected chi connectivity index (χ1v) is 5.96. The predicted molar refractivity (Wildman–Crippen MR) is 64.8 cm³/mol. The van der Waals surface area contributed by atoms with E-state index in [4.69, 9.17) is 5.11 Å². The zero-order valence-corrected chi connectivity index (χ0v) is 11.0. The summed E-state index contributed by atoms with van der Waals surface area (Å²) in [7, 11) is 0. The minimum atomic E-state index is -1.02. The van der Waals surface area contributed by atoms with Gasteiger partial charge in [0.1, 0.15) is 0 Å². The molecule has 2 amide bonds. The molecule has 0 aliphatic heterocycles. The Morgan fingerprint density at radius 1 is 1.24 bits per heavy atom. The van der Waals surface area contributed by atoms with Crippen LogP contribution in [-0.4, -0.2) is 29.2 Å². The molecule has 1 rings (SSSR count). The summed E-state index contributed by atoms with van der Waals surface area (Å²) in [4.78, 5) is 22.8. The fourth-order valence-corrected chi connectivity index (χ4v) is 1.31. The molecule has 98 valence electrons. The van der Waals surface area contributed by atoms with Crippen molar-refractivity contribution in [2.75, 3.05) is 6.54 Å². The Bertz CT molecular complexity index is 320. The normalized spacial score (nSPS) is 16.5. The summed E-state index contributed by atoms with van der Waals surface area (Å²) in [6.07, 6.45) is 2.34. The Labute approximate surface area is 102 Å². The highest BCUT2D eigenvalue weighted by atomic mass is 16.4. The van der Waals surface area contributed by atoms with Crippen LogP contribution in [0.3, 0.4) is 0 Å². The van der Waals surface area contributed by atoms with Gasteiger partial charge in [0.25, 0.3) is 0 Å². The molecule has 0 saturated heterocycles. The summed E-state index contributed by atoms with van der Waals surface area (Å²) in [5.41, 5.74) is -1.84. The zero-order chi connectivity index (χ0) is 13.3. The number of carbonyl (C=O) groups is 2. The number of hydrogen-bond donors (Lipinski definition) is 3. The van der Waals surface area contributed by atoms with Gasteiger partial charge in [-0.2, -0.15) is 0 Å². The molecule has 0 radical (unpaired) electrons. The second-order valence-electron chi connectivity index (χ2n) is 5.83. The van der Waals surface area contributed by atoms with E-state index in [9.17, 15) is 9.59 Å². The molecule has 17 heavy (non-hydrogen) atoms. The van der Waals surface area contributed by atoms with Crippen LogP contribution in [0.1, 0.15) is 40.5 Å². The third-order valence-corrected chi connectivity index (χ3v) is 3.77. The molecule has 1 saturated carbocycles. The van der Waals surface area contributed by atoms with E-state index in [-0.39, 0.29) is 6.03 Å². The van der Waals surface area contributed by atoms with E-state index < -0.39 is 16.9 Å². The lowest BCUT2D eigenvalue weighted by molar-refractivity contribution is -0.150. The molecule has 5 heteroatoms.